The number of aromatic nitrogens is 4. The van der Waals surface area contributed by atoms with E-state index in [2.05, 4.69) is 21.9 Å². The molecule has 270 valence electrons. The van der Waals surface area contributed by atoms with Gasteiger partial charge in [-0.2, -0.15) is 4.98 Å². The van der Waals surface area contributed by atoms with Gasteiger partial charge in [-0.15, -0.1) is 0 Å². The lowest BCUT2D eigenvalue weighted by Crippen LogP contribution is -2.14. The van der Waals surface area contributed by atoms with Crippen LogP contribution in [-0.2, 0) is 36.2 Å². The molecule has 11 nitrogen and oxygen atoms in total. The number of ether oxygens (including phenoxy) is 2. The molecule has 1 atom stereocenters. The van der Waals surface area contributed by atoms with Crippen LogP contribution in [0.2, 0.25) is 5.02 Å². The molecular formula is C35H57ClN5O6P. The average Bonchev–Trinajstić information content (AvgIpc) is 3.48. The smallest absolute Gasteiger partial charge is 0.356 e. The van der Waals surface area contributed by atoms with Gasteiger partial charge in [0.25, 0.3) is 5.56 Å². The lowest BCUT2D eigenvalue weighted by Gasteiger charge is -2.19. The maximum Gasteiger partial charge on any atom is 0.356 e. The summed E-state index contributed by atoms with van der Waals surface area (Å²) in [5.74, 6) is -0.000448. The summed E-state index contributed by atoms with van der Waals surface area (Å²) in [7, 11) is -3.62. The Balaban J connectivity index is 1.26. The molecule has 3 N–H and O–H groups in total. The van der Waals surface area contributed by atoms with Crippen LogP contribution in [0, 0.1) is 0 Å². The predicted molar refractivity (Wildman–Crippen MR) is 194 cm³/mol. The van der Waals surface area contributed by atoms with Gasteiger partial charge < -0.3 is 28.8 Å². The van der Waals surface area contributed by atoms with Crippen molar-refractivity contribution in [2.24, 2.45) is 0 Å². The van der Waals surface area contributed by atoms with Crippen LogP contribution in [0.1, 0.15) is 115 Å². The Bertz CT molecular complexity index is 1400. The van der Waals surface area contributed by atoms with Crippen molar-refractivity contribution in [3.8, 4) is 0 Å². The van der Waals surface area contributed by atoms with Gasteiger partial charge in [-0.25, -0.2) is 4.98 Å². The Hall–Kier alpha value is -2.27. The number of imidazole rings is 1. The second-order valence-electron chi connectivity index (χ2n) is 12.4. The zero-order valence-electron chi connectivity index (χ0n) is 28.8. The minimum atomic E-state index is -3.62. The van der Waals surface area contributed by atoms with Crippen molar-refractivity contribution < 1.29 is 23.1 Å². The summed E-state index contributed by atoms with van der Waals surface area (Å²) in [5, 5.41) is 0.561. The standard InChI is InChI=1S/C35H57ClN5O6P/c1-2-3-4-5-6-7-8-9-10-11-12-13-14-15-16-17-22-44-24-25-46-48(43,47-27-30-19-18-20-31(36)26-30)29-45-23-21-41-28-38-32-33(41)39-35(37)40-34(32)42/h18-20,26,28H,2-17,21-25,27,29H2,1H3,(H3,37,39,40,42). The first-order valence-electron chi connectivity index (χ1n) is 17.9. The van der Waals surface area contributed by atoms with E-state index in [9.17, 15) is 9.36 Å². The molecular weight excluding hydrogens is 653 g/mol. The van der Waals surface area contributed by atoms with Gasteiger partial charge in [0.1, 0.15) is 6.35 Å². The van der Waals surface area contributed by atoms with E-state index in [1.54, 1.807) is 22.8 Å². The summed E-state index contributed by atoms with van der Waals surface area (Å²) in [6.45, 7) is 3.87. The van der Waals surface area contributed by atoms with E-state index < -0.39 is 13.2 Å². The van der Waals surface area contributed by atoms with Crippen LogP contribution in [0.5, 0.6) is 0 Å². The van der Waals surface area contributed by atoms with Crippen LogP contribution in [0.4, 0.5) is 5.95 Å². The van der Waals surface area contributed by atoms with Crippen molar-refractivity contribution in [1.82, 2.24) is 19.5 Å². The van der Waals surface area contributed by atoms with Gasteiger partial charge in [0.2, 0.25) is 5.95 Å². The minimum Gasteiger partial charge on any atom is -0.379 e. The minimum absolute atomic E-state index is 0.000448. The average molecular weight is 710 g/mol. The first kappa shape index (κ1) is 40.2. The molecule has 3 aromatic rings. The van der Waals surface area contributed by atoms with Gasteiger partial charge in [0, 0.05) is 18.2 Å². The van der Waals surface area contributed by atoms with E-state index in [1.165, 1.54) is 96.2 Å². The Morgan fingerprint density at radius 3 is 2.12 bits per heavy atom. The molecule has 0 saturated heterocycles. The first-order valence-corrected chi connectivity index (χ1v) is 20.0. The topological polar surface area (TPSA) is 144 Å². The SMILES string of the molecule is CCCCCCCCCCCCCCCCCCOCCOP(=O)(COCCn1cnc2c(=O)[nH]c(N)nc21)OCc1cccc(Cl)c1. The van der Waals surface area contributed by atoms with Crippen LogP contribution in [0.3, 0.4) is 0 Å². The molecule has 0 aliphatic carbocycles. The molecule has 2 aromatic heterocycles. The third-order valence-electron chi connectivity index (χ3n) is 8.19. The second-order valence-corrected chi connectivity index (χ2v) is 14.8. The fourth-order valence-corrected chi connectivity index (χ4v) is 6.96. The van der Waals surface area contributed by atoms with E-state index in [-0.39, 0.29) is 37.6 Å². The van der Waals surface area contributed by atoms with Crippen molar-refractivity contribution in [3.63, 3.8) is 0 Å². The summed E-state index contributed by atoms with van der Waals surface area (Å²) in [6, 6.07) is 7.15. The van der Waals surface area contributed by atoms with Crippen LogP contribution in [-0.4, -0.2) is 52.3 Å². The van der Waals surface area contributed by atoms with Gasteiger partial charge in [-0.3, -0.25) is 14.3 Å². The number of hydrogen-bond acceptors (Lipinski definition) is 9. The number of benzene rings is 1. The molecule has 0 radical (unpaired) electrons. The number of nitrogens with zero attached hydrogens (tertiary/aromatic N) is 3. The number of unbranched alkanes of at least 4 members (excludes halogenated alkanes) is 15. The van der Waals surface area contributed by atoms with E-state index in [0.29, 0.717) is 30.4 Å². The Morgan fingerprint density at radius 1 is 0.833 bits per heavy atom. The summed E-state index contributed by atoms with van der Waals surface area (Å²) >= 11 is 6.09. The number of halogens is 1. The molecule has 1 aromatic carbocycles. The van der Waals surface area contributed by atoms with Crippen molar-refractivity contribution in [2.75, 3.05) is 38.5 Å². The zero-order valence-corrected chi connectivity index (χ0v) is 30.5. The number of fused-ring (bicyclic) bond motifs is 1. The van der Waals surface area contributed by atoms with E-state index in [4.69, 9.17) is 35.9 Å². The van der Waals surface area contributed by atoms with Crippen LogP contribution in [0.25, 0.3) is 11.2 Å². The largest absolute Gasteiger partial charge is 0.379 e. The van der Waals surface area contributed by atoms with Gasteiger partial charge in [0.05, 0.1) is 32.8 Å². The summed E-state index contributed by atoms with van der Waals surface area (Å²) in [5.41, 5.74) is 6.55. The van der Waals surface area contributed by atoms with Crippen LogP contribution in [0.15, 0.2) is 35.4 Å². The number of nitrogens with two attached hydrogens (primary N) is 1. The monoisotopic (exact) mass is 709 g/mol. The highest BCUT2D eigenvalue weighted by Crippen LogP contribution is 2.49. The molecule has 0 aliphatic rings. The molecule has 48 heavy (non-hydrogen) atoms. The zero-order chi connectivity index (χ0) is 34.3. The fourth-order valence-electron chi connectivity index (χ4n) is 5.47. The third kappa shape index (κ3) is 16.4. The molecule has 0 saturated carbocycles. The molecule has 13 heteroatoms. The van der Waals surface area contributed by atoms with Crippen LogP contribution >= 0.6 is 19.2 Å². The highest BCUT2D eigenvalue weighted by Gasteiger charge is 2.25. The molecule has 0 aliphatic heterocycles. The number of H-pyrrole nitrogens is 1. The lowest BCUT2D eigenvalue weighted by atomic mass is 10.0. The third-order valence-corrected chi connectivity index (χ3v) is 10.0. The Morgan fingerprint density at radius 2 is 1.48 bits per heavy atom. The molecule has 0 bridgehead atoms. The Kier molecular flexibility index (Phi) is 20.1. The second kappa shape index (κ2) is 24.0. The van der Waals surface area contributed by atoms with Crippen molar-refractivity contribution in [2.45, 2.75) is 123 Å². The predicted octanol–water partition coefficient (Wildman–Crippen LogP) is 9.03. The van der Waals surface area contributed by atoms with Gasteiger partial charge in [-0.1, -0.05) is 127 Å². The van der Waals surface area contributed by atoms with Gasteiger partial charge in [-0.05, 0) is 24.1 Å². The lowest BCUT2D eigenvalue weighted by molar-refractivity contribution is 0.0756. The summed E-state index contributed by atoms with van der Waals surface area (Å²) in [4.78, 5) is 22.7. The number of hydrogen-bond donors (Lipinski definition) is 2. The summed E-state index contributed by atoms with van der Waals surface area (Å²) in [6.07, 6.45) is 22.5. The van der Waals surface area contributed by atoms with Gasteiger partial charge >= 0.3 is 7.60 Å². The van der Waals surface area contributed by atoms with E-state index in [0.717, 1.165) is 18.4 Å². The first-order chi connectivity index (χ1) is 23.4. The maximum absolute atomic E-state index is 13.6. The normalized spacial score (nSPS) is 13.0. The van der Waals surface area contributed by atoms with Crippen molar-refractivity contribution >= 4 is 36.3 Å². The van der Waals surface area contributed by atoms with Crippen molar-refractivity contribution in [3.05, 3.63) is 51.5 Å². The van der Waals surface area contributed by atoms with Crippen molar-refractivity contribution in [1.29, 1.82) is 0 Å². The molecule has 1 unspecified atom stereocenters. The molecule has 0 fully saturated rings. The number of nitrogen functional groups attached to an aromatic ring is 1. The van der Waals surface area contributed by atoms with Gasteiger partial charge in [0.15, 0.2) is 11.2 Å². The quantitative estimate of drug-likeness (QED) is 0.0533. The number of rotatable bonds is 29. The molecule has 3 rings (SSSR count). The highest BCUT2D eigenvalue weighted by molar-refractivity contribution is 7.53. The highest BCUT2D eigenvalue weighted by atomic mass is 35.5. The number of aromatic amines is 1. The maximum atomic E-state index is 13.6. The van der Waals surface area contributed by atoms with E-state index >= 15 is 0 Å². The van der Waals surface area contributed by atoms with E-state index in [1.807, 2.05) is 6.07 Å². The van der Waals surface area contributed by atoms with Crippen LogP contribution < -0.4 is 11.3 Å². The fraction of sp³-hybridized carbons (Fsp3) is 0.686. The summed E-state index contributed by atoms with van der Waals surface area (Å²) < 4.78 is 38.1. The molecule has 2 heterocycles. The Labute approximate surface area is 291 Å². The molecule has 0 spiro atoms. The molecule has 0 amide bonds. The number of nitrogens with one attached hydrogen (secondary N) is 1. The number of anilines is 1.